The number of nitrogens with two attached hydrogens (primary N) is 1. The molecule has 1 rings (SSSR count). The van der Waals surface area contributed by atoms with Gasteiger partial charge in [-0.3, -0.25) is 0 Å². The van der Waals surface area contributed by atoms with Crippen molar-refractivity contribution < 1.29 is 13.5 Å². The van der Waals surface area contributed by atoms with Gasteiger partial charge in [0.1, 0.15) is 17.4 Å². The van der Waals surface area contributed by atoms with E-state index in [4.69, 9.17) is 10.5 Å². The lowest BCUT2D eigenvalue weighted by molar-refractivity contribution is 0.332. The zero-order valence-electron chi connectivity index (χ0n) is 10.7. The summed E-state index contributed by atoms with van der Waals surface area (Å²) in [6, 6.07) is 1.66. The van der Waals surface area contributed by atoms with Crippen molar-refractivity contribution in [3.05, 3.63) is 29.3 Å². The third-order valence-electron chi connectivity index (χ3n) is 2.49. The van der Waals surface area contributed by atoms with Crippen LogP contribution in [0.4, 0.5) is 8.78 Å². The fraction of sp³-hybridized carbons (Fsp3) is 0.538. The summed E-state index contributed by atoms with van der Waals surface area (Å²) in [5, 5.41) is 0. The van der Waals surface area contributed by atoms with Gasteiger partial charge >= 0.3 is 0 Å². The highest BCUT2D eigenvalue weighted by Crippen LogP contribution is 2.32. The van der Waals surface area contributed by atoms with Crippen molar-refractivity contribution >= 4 is 0 Å². The molecule has 4 heteroatoms. The van der Waals surface area contributed by atoms with Gasteiger partial charge in [-0.2, -0.15) is 0 Å². The average molecular weight is 243 g/mol. The zero-order chi connectivity index (χ0) is 13.2. The number of halogens is 2. The summed E-state index contributed by atoms with van der Waals surface area (Å²) in [6.07, 6.45) is 0.507. The molecular formula is C13H19F2NO. The minimum absolute atomic E-state index is 0.0688. The number of hydrogen-bond donors (Lipinski definition) is 1. The van der Waals surface area contributed by atoms with Gasteiger partial charge < -0.3 is 10.5 Å². The lowest BCUT2D eigenvalue weighted by Gasteiger charge is -2.24. The van der Waals surface area contributed by atoms with Crippen LogP contribution in [0.25, 0.3) is 0 Å². The van der Waals surface area contributed by atoms with Crippen molar-refractivity contribution in [2.24, 2.45) is 11.1 Å². The summed E-state index contributed by atoms with van der Waals surface area (Å²) < 4.78 is 32.2. The van der Waals surface area contributed by atoms with Crippen LogP contribution in [0.3, 0.4) is 0 Å². The van der Waals surface area contributed by atoms with Crippen molar-refractivity contribution in [2.45, 2.75) is 33.2 Å². The van der Waals surface area contributed by atoms with E-state index in [1.54, 1.807) is 0 Å². The van der Waals surface area contributed by atoms with Gasteiger partial charge in [-0.25, -0.2) is 8.78 Å². The van der Waals surface area contributed by atoms with Crippen molar-refractivity contribution in [3.63, 3.8) is 0 Å². The molecule has 0 fully saturated rings. The average Bonchev–Trinajstić information content (AvgIpc) is 2.13. The van der Waals surface area contributed by atoms with E-state index in [9.17, 15) is 8.78 Å². The highest BCUT2D eigenvalue weighted by atomic mass is 19.1. The number of benzene rings is 1. The molecule has 0 aliphatic carbocycles. The van der Waals surface area contributed by atoms with Crippen LogP contribution >= 0.6 is 0 Å². The molecule has 0 aliphatic heterocycles. The molecule has 2 nitrogen and oxygen atoms in total. The van der Waals surface area contributed by atoms with E-state index in [0.717, 1.165) is 12.1 Å². The van der Waals surface area contributed by atoms with Gasteiger partial charge in [-0.05, 0) is 11.8 Å². The normalized spacial score (nSPS) is 13.6. The zero-order valence-corrected chi connectivity index (χ0v) is 10.7. The Morgan fingerprint density at radius 1 is 1.24 bits per heavy atom. The monoisotopic (exact) mass is 243 g/mol. The second-order valence-corrected chi connectivity index (χ2v) is 5.38. The van der Waals surface area contributed by atoms with E-state index >= 15 is 0 Å². The van der Waals surface area contributed by atoms with Crippen LogP contribution < -0.4 is 10.5 Å². The minimum Gasteiger partial charge on any atom is -0.497 e. The van der Waals surface area contributed by atoms with E-state index in [2.05, 4.69) is 0 Å². The molecule has 17 heavy (non-hydrogen) atoms. The first kappa shape index (κ1) is 13.9. The minimum atomic E-state index is -0.654. The van der Waals surface area contributed by atoms with Crippen LogP contribution in [0.2, 0.25) is 0 Å². The van der Waals surface area contributed by atoms with E-state index in [0.29, 0.717) is 6.42 Å². The maximum Gasteiger partial charge on any atom is 0.134 e. The fourth-order valence-electron chi connectivity index (χ4n) is 1.79. The molecule has 1 aromatic rings. The third-order valence-corrected chi connectivity index (χ3v) is 2.49. The van der Waals surface area contributed by atoms with E-state index in [1.807, 2.05) is 20.8 Å². The van der Waals surface area contributed by atoms with Gasteiger partial charge in [0.15, 0.2) is 0 Å². The summed E-state index contributed by atoms with van der Waals surface area (Å²) >= 11 is 0. The Hall–Kier alpha value is -1.16. The number of hydrogen-bond acceptors (Lipinski definition) is 2. The summed E-state index contributed by atoms with van der Waals surface area (Å²) in [7, 11) is 1.36. The van der Waals surface area contributed by atoms with Crippen LogP contribution in [-0.4, -0.2) is 7.11 Å². The van der Waals surface area contributed by atoms with Crippen LogP contribution in [0.1, 0.15) is 38.8 Å². The largest absolute Gasteiger partial charge is 0.497 e. The molecule has 0 heterocycles. The molecule has 0 saturated heterocycles. The quantitative estimate of drug-likeness (QED) is 0.883. The fourth-order valence-corrected chi connectivity index (χ4v) is 1.79. The molecule has 1 atom stereocenters. The topological polar surface area (TPSA) is 35.2 Å². The smallest absolute Gasteiger partial charge is 0.134 e. The lowest BCUT2D eigenvalue weighted by Crippen LogP contribution is -2.21. The molecule has 1 unspecified atom stereocenters. The maximum absolute atomic E-state index is 13.7. The van der Waals surface area contributed by atoms with Crippen LogP contribution in [0.15, 0.2) is 12.1 Å². The van der Waals surface area contributed by atoms with Gasteiger partial charge in [0.25, 0.3) is 0 Å². The first-order chi connectivity index (χ1) is 7.74. The Morgan fingerprint density at radius 3 is 2.06 bits per heavy atom. The van der Waals surface area contributed by atoms with Crippen molar-refractivity contribution in [2.75, 3.05) is 7.11 Å². The lowest BCUT2D eigenvalue weighted by atomic mass is 9.85. The molecule has 0 bridgehead atoms. The maximum atomic E-state index is 13.7. The second kappa shape index (κ2) is 5.00. The van der Waals surface area contributed by atoms with Crippen LogP contribution in [-0.2, 0) is 0 Å². The number of ether oxygens (including phenoxy) is 1. The summed E-state index contributed by atoms with van der Waals surface area (Å²) in [4.78, 5) is 0. The predicted octanol–water partition coefficient (Wildman–Crippen LogP) is 3.41. The highest BCUT2D eigenvalue weighted by Gasteiger charge is 2.23. The number of rotatable bonds is 3. The van der Waals surface area contributed by atoms with Crippen molar-refractivity contribution in [3.8, 4) is 5.75 Å². The Morgan fingerprint density at radius 2 is 1.71 bits per heavy atom. The van der Waals surface area contributed by atoms with Gasteiger partial charge in [0.2, 0.25) is 0 Å². The first-order valence-electron chi connectivity index (χ1n) is 5.53. The standard InChI is InChI=1S/C13H19F2NO/c1-13(2,3)7-11(16)12-9(14)5-8(17-4)6-10(12)15/h5-6,11H,7,16H2,1-4H3. The molecule has 96 valence electrons. The van der Waals surface area contributed by atoms with E-state index in [1.165, 1.54) is 7.11 Å². The van der Waals surface area contributed by atoms with E-state index in [-0.39, 0.29) is 16.7 Å². The SMILES string of the molecule is COc1cc(F)c(C(N)CC(C)(C)C)c(F)c1. The van der Waals surface area contributed by atoms with Crippen molar-refractivity contribution in [1.82, 2.24) is 0 Å². The molecule has 0 radical (unpaired) electrons. The highest BCUT2D eigenvalue weighted by molar-refractivity contribution is 5.32. The summed E-state index contributed by atoms with van der Waals surface area (Å²) in [5.74, 6) is -1.15. The molecular weight excluding hydrogens is 224 g/mol. The molecule has 2 N–H and O–H groups in total. The van der Waals surface area contributed by atoms with Gasteiger partial charge in [0.05, 0.1) is 7.11 Å². The molecule has 0 aromatic heterocycles. The second-order valence-electron chi connectivity index (χ2n) is 5.38. The number of methoxy groups -OCH3 is 1. The predicted molar refractivity (Wildman–Crippen MR) is 63.9 cm³/mol. The molecule has 0 amide bonds. The van der Waals surface area contributed by atoms with Gasteiger partial charge in [-0.1, -0.05) is 20.8 Å². The summed E-state index contributed by atoms with van der Waals surface area (Å²) in [5.41, 5.74) is 5.70. The Kier molecular flexibility index (Phi) is 4.09. The Balaban J connectivity index is 3.06. The Labute approximate surface area is 101 Å². The van der Waals surface area contributed by atoms with E-state index < -0.39 is 17.7 Å². The van der Waals surface area contributed by atoms with Gasteiger partial charge in [0, 0.05) is 23.7 Å². The molecule has 0 spiro atoms. The Bertz CT molecular complexity index is 376. The third kappa shape index (κ3) is 3.66. The van der Waals surface area contributed by atoms with Gasteiger partial charge in [-0.15, -0.1) is 0 Å². The first-order valence-corrected chi connectivity index (χ1v) is 5.53. The molecule has 1 aromatic carbocycles. The van der Waals surface area contributed by atoms with Crippen molar-refractivity contribution in [1.29, 1.82) is 0 Å². The molecule has 0 saturated carbocycles. The van der Waals surface area contributed by atoms with Crippen LogP contribution in [0, 0.1) is 17.0 Å². The summed E-state index contributed by atoms with van der Waals surface area (Å²) in [6.45, 7) is 5.94. The molecule has 0 aliphatic rings. The van der Waals surface area contributed by atoms with Crippen LogP contribution in [0.5, 0.6) is 5.75 Å².